The lowest BCUT2D eigenvalue weighted by molar-refractivity contribution is 0.0653. The zero-order chi connectivity index (χ0) is 13.8. The van der Waals surface area contributed by atoms with Gasteiger partial charge in [0.25, 0.3) is 5.91 Å². The molecule has 0 unspecified atom stereocenters. The Hall–Kier alpha value is -1.79. The lowest BCUT2D eigenvalue weighted by Crippen LogP contribution is -2.53. The molecule has 18 heavy (non-hydrogen) atoms. The number of carbonyl (C=O) groups is 1. The van der Waals surface area contributed by atoms with Crippen LogP contribution >= 0.6 is 0 Å². The summed E-state index contributed by atoms with van der Waals surface area (Å²) in [6, 6.07) is 4.52. The first-order chi connectivity index (χ1) is 8.46. The molecular weight excluding hydrogens is 234 g/mol. The summed E-state index contributed by atoms with van der Waals surface area (Å²) in [4.78, 5) is 12.0. The molecule has 6 heteroatoms. The Bertz CT molecular complexity index is 402. The Morgan fingerprint density at radius 2 is 1.72 bits per heavy atom. The molecular formula is C12H19N3O3. The SMILES string of the molecule is CCC(CO)(CO)NC(=O)c1cc(N)cc(N)c1. The number of benzene rings is 1. The number of nitrogens with one attached hydrogen (secondary N) is 1. The Morgan fingerprint density at radius 1 is 1.22 bits per heavy atom. The predicted octanol–water partition coefficient (Wildman–Crippen LogP) is -0.286. The van der Waals surface area contributed by atoms with E-state index in [2.05, 4.69) is 5.32 Å². The Balaban J connectivity index is 2.94. The van der Waals surface area contributed by atoms with Crippen LogP contribution in [-0.4, -0.2) is 34.9 Å². The van der Waals surface area contributed by atoms with Gasteiger partial charge in [-0.05, 0) is 24.6 Å². The van der Waals surface area contributed by atoms with Gasteiger partial charge in [0.05, 0.1) is 18.8 Å². The minimum Gasteiger partial charge on any atom is -0.399 e. The second-order valence-electron chi connectivity index (χ2n) is 4.29. The smallest absolute Gasteiger partial charge is 0.252 e. The molecule has 1 aromatic rings. The molecule has 0 fully saturated rings. The average Bonchev–Trinajstić information content (AvgIpc) is 2.35. The molecule has 1 amide bonds. The maximum atomic E-state index is 12.0. The molecule has 0 atom stereocenters. The predicted molar refractivity (Wildman–Crippen MR) is 69.9 cm³/mol. The van der Waals surface area contributed by atoms with Crippen molar-refractivity contribution in [3.63, 3.8) is 0 Å². The van der Waals surface area contributed by atoms with E-state index >= 15 is 0 Å². The quantitative estimate of drug-likeness (QED) is 0.462. The Labute approximate surface area is 106 Å². The molecule has 0 aliphatic rings. The number of aliphatic hydroxyl groups is 2. The van der Waals surface area contributed by atoms with Crippen molar-refractivity contribution in [3.8, 4) is 0 Å². The van der Waals surface area contributed by atoms with Gasteiger partial charge in [-0.25, -0.2) is 0 Å². The summed E-state index contributed by atoms with van der Waals surface area (Å²) in [6.45, 7) is 1.08. The number of amides is 1. The van der Waals surface area contributed by atoms with Crippen LogP contribution < -0.4 is 16.8 Å². The maximum Gasteiger partial charge on any atom is 0.252 e. The summed E-state index contributed by atoms with van der Waals surface area (Å²) in [6.07, 6.45) is 0.406. The Kier molecular flexibility index (Phi) is 4.52. The normalized spacial score (nSPS) is 11.3. The van der Waals surface area contributed by atoms with Crippen LogP contribution in [0.3, 0.4) is 0 Å². The summed E-state index contributed by atoms with van der Waals surface area (Å²) < 4.78 is 0. The second-order valence-corrected chi connectivity index (χ2v) is 4.29. The molecule has 0 aliphatic carbocycles. The second kappa shape index (κ2) is 5.70. The molecule has 1 aromatic carbocycles. The third-order valence-electron chi connectivity index (χ3n) is 2.90. The van der Waals surface area contributed by atoms with Crippen molar-refractivity contribution in [2.75, 3.05) is 24.7 Å². The van der Waals surface area contributed by atoms with E-state index in [4.69, 9.17) is 11.5 Å². The summed E-state index contributed by atoms with van der Waals surface area (Å²) in [5.41, 5.74) is 11.2. The third-order valence-corrected chi connectivity index (χ3v) is 2.90. The van der Waals surface area contributed by atoms with Crippen LogP contribution in [0.5, 0.6) is 0 Å². The fourth-order valence-electron chi connectivity index (χ4n) is 1.56. The molecule has 0 saturated carbocycles. The summed E-state index contributed by atoms with van der Waals surface area (Å²) in [5.74, 6) is -0.432. The summed E-state index contributed by atoms with van der Waals surface area (Å²) in [7, 11) is 0. The van der Waals surface area contributed by atoms with Gasteiger partial charge in [0, 0.05) is 16.9 Å². The van der Waals surface area contributed by atoms with Crippen LogP contribution in [0.15, 0.2) is 18.2 Å². The number of nitrogens with two attached hydrogens (primary N) is 2. The monoisotopic (exact) mass is 253 g/mol. The molecule has 100 valence electrons. The van der Waals surface area contributed by atoms with E-state index < -0.39 is 11.4 Å². The third kappa shape index (κ3) is 3.12. The lowest BCUT2D eigenvalue weighted by Gasteiger charge is -2.29. The highest BCUT2D eigenvalue weighted by Crippen LogP contribution is 2.15. The van der Waals surface area contributed by atoms with Gasteiger partial charge in [-0.15, -0.1) is 0 Å². The number of hydrogen-bond acceptors (Lipinski definition) is 5. The molecule has 0 spiro atoms. The lowest BCUT2D eigenvalue weighted by atomic mass is 9.97. The highest BCUT2D eigenvalue weighted by atomic mass is 16.3. The van der Waals surface area contributed by atoms with Gasteiger partial charge in [0.1, 0.15) is 0 Å². The standard InChI is InChI=1S/C12H19N3O3/c1-2-12(6-16,7-17)15-11(18)8-3-9(13)5-10(14)4-8/h3-5,16-17H,2,6-7,13-14H2,1H3,(H,15,18). The molecule has 0 aliphatic heterocycles. The van der Waals surface area contributed by atoms with Crippen molar-refractivity contribution >= 4 is 17.3 Å². The van der Waals surface area contributed by atoms with Crippen LogP contribution in [0.4, 0.5) is 11.4 Å². The van der Waals surface area contributed by atoms with Gasteiger partial charge in [-0.1, -0.05) is 6.92 Å². The molecule has 0 heterocycles. The summed E-state index contributed by atoms with van der Waals surface area (Å²) in [5, 5.41) is 21.1. The van der Waals surface area contributed by atoms with E-state index in [0.29, 0.717) is 23.4 Å². The van der Waals surface area contributed by atoms with Gasteiger partial charge in [0.15, 0.2) is 0 Å². The largest absolute Gasteiger partial charge is 0.399 e. The van der Waals surface area contributed by atoms with E-state index in [-0.39, 0.29) is 13.2 Å². The van der Waals surface area contributed by atoms with Crippen molar-refractivity contribution in [3.05, 3.63) is 23.8 Å². The number of hydrogen-bond donors (Lipinski definition) is 5. The number of carbonyl (C=O) groups excluding carboxylic acids is 1. The maximum absolute atomic E-state index is 12.0. The number of anilines is 2. The molecule has 0 saturated heterocycles. The minimum absolute atomic E-state index is 0.298. The van der Waals surface area contributed by atoms with E-state index in [1.54, 1.807) is 13.0 Å². The molecule has 1 rings (SSSR count). The van der Waals surface area contributed by atoms with Crippen LogP contribution in [0, 0.1) is 0 Å². The topological polar surface area (TPSA) is 122 Å². The van der Waals surface area contributed by atoms with Crippen molar-refractivity contribution in [2.45, 2.75) is 18.9 Å². The molecule has 0 radical (unpaired) electrons. The van der Waals surface area contributed by atoms with Crippen molar-refractivity contribution in [1.29, 1.82) is 0 Å². The first-order valence-electron chi connectivity index (χ1n) is 5.66. The van der Waals surface area contributed by atoms with E-state index in [9.17, 15) is 15.0 Å². The number of aliphatic hydroxyl groups excluding tert-OH is 2. The number of rotatable bonds is 5. The van der Waals surface area contributed by atoms with E-state index in [1.807, 2.05) is 0 Å². The van der Waals surface area contributed by atoms with Crippen molar-refractivity contribution in [2.24, 2.45) is 0 Å². The van der Waals surface area contributed by atoms with Crippen LogP contribution in [0.2, 0.25) is 0 Å². The highest BCUT2D eigenvalue weighted by molar-refractivity contribution is 5.96. The van der Waals surface area contributed by atoms with Crippen LogP contribution in [0.1, 0.15) is 23.7 Å². The molecule has 6 nitrogen and oxygen atoms in total. The van der Waals surface area contributed by atoms with Crippen LogP contribution in [-0.2, 0) is 0 Å². The van der Waals surface area contributed by atoms with Gasteiger partial charge < -0.3 is 27.0 Å². The van der Waals surface area contributed by atoms with Gasteiger partial charge in [-0.3, -0.25) is 4.79 Å². The fourth-order valence-corrected chi connectivity index (χ4v) is 1.56. The number of nitrogen functional groups attached to an aromatic ring is 2. The van der Waals surface area contributed by atoms with Crippen molar-refractivity contribution in [1.82, 2.24) is 5.32 Å². The molecule has 0 bridgehead atoms. The fraction of sp³-hybridized carbons (Fsp3) is 0.417. The minimum atomic E-state index is -1.03. The highest BCUT2D eigenvalue weighted by Gasteiger charge is 2.29. The van der Waals surface area contributed by atoms with Gasteiger partial charge >= 0.3 is 0 Å². The Morgan fingerprint density at radius 3 is 2.11 bits per heavy atom. The van der Waals surface area contributed by atoms with Crippen LogP contribution in [0.25, 0.3) is 0 Å². The zero-order valence-corrected chi connectivity index (χ0v) is 10.3. The molecule has 7 N–H and O–H groups in total. The van der Waals surface area contributed by atoms with E-state index in [0.717, 1.165) is 0 Å². The van der Waals surface area contributed by atoms with Crippen molar-refractivity contribution < 1.29 is 15.0 Å². The first kappa shape index (κ1) is 14.3. The van der Waals surface area contributed by atoms with E-state index in [1.165, 1.54) is 12.1 Å². The molecule has 0 aromatic heterocycles. The summed E-state index contributed by atoms with van der Waals surface area (Å²) >= 11 is 0. The van der Waals surface area contributed by atoms with Gasteiger partial charge in [0.2, 0.25) is 0 Å². The zero-order valence-electron chi connectivity index (χ0n) is 10.3. The average molecular weight is 253 g/mol. The van der Waals surface area contributed by atoms with Gasteiger partial charge in [-0.2, -0.15) is 0 Å². The first-order valence-corrected chi connectivity index (χ1v) is 5.66.